The van der Waals surface area contributed by atoms with Crippen LogP contribution in [0.2, 0.25) is 0 Å². The van der Waals surface area contributed by atoms with E-state index in [1.54, 1.807) is 43.3 Å². The van der Waals surface area contributed by atoms with E-state index in [4.69, 9.17) is 0 Å². The lowest BCUT2D eigenvalue weighted by Gasteiger charge is -2.23. The number of aliphatic hydroxyl groups is 1. The van der Waals surface area contributed by atoms with Gasteiger partial charge in [0.15, 0.2) is 0 Å². The molecule has 2 rings (SSSR count). The summed E-state index contributed by atoms with van der Waals surface area (Å²) in [7, 11) is 0. The van der Waals surface area contributed by atoms with Crippen LogP contribution in [0, 0.1) is 0 Å². The molecule has 0 aliphatic carbocycles. The molecule has 0 spiro atoms. The molecule has 2 aromatic carbocycles. The number of benzene rings is 2. The van der Waals surface area contributed by atoms with Gasteiger partial charge in [0.05, 0.1) is 12.0 Å². The third-order valence-electron chi connectivity index (χ3n) is 3.67. The summed E-state index contributed by atoms with van der Waals surface area (Å²) in [6, 6.07) is 18.0. The molecule has 126 valence electrons. The van der Waals surface area contributed by atoms with Crippen molar-refractivity contribution in [1.82, 2.24) is 10.6 Å². The smallest absolute Gasteiger partial charge is 0.251 e. The summed E-state index contributed by atoms with van der Waals surface area (Å²) in [6.45, 7) is 2.24. The third kappa shape index (κ3) is 5.21. The van der Waals surface area contributed by atoms with Gasteiger partial charge in [-0.3, -0.25) is 9.59 Å². The molecule has 2 aromatic rings. The standard InChI is InChI=1S/C19H22N2O3/c1-19(24,16-10-6-3-7-11-16)14-17(22)20-12-13-21-18(23)15-8-4-2-5-9-15/h2-11,24H,12-14H2,1H3,(H,20,22)(H,21,23). The molecule has 0 heterocycles. The van der Waals surface area contributed by atoms with E-state index in [1.807, 2.05) is 24.3 Å². The van der Waals surface area contributed by atoms with Crippen LogP contribution in [-0.4, -0.2) is 30.0 Å². The Hall–Kier alpha value is -2.66. The van der Waals surface area contributed by atoms with Crippen molar-refractivity contribution in [3.8, 4) is 0 Å². The van der Waals surface area contributed by atoms with Crippen molar-refractivity contribution in [1.29, 1.82) is 0 Å². The number of rotatable bonds is 7. The first kappa shape index (κ1) is 17.7. The van der Waals surface area contributed by atoms with Gasteiger partial charge in [0.1, 0.15) is 0 Å². The van der Waals surface area contributed by atoms with E-state index < -0.39 is 5.60 Å². The first-order valence-corrected chi connectivity index (χ1v) is 7.87. The van der Waals surface area contributed by atoms with E-state index in [9.17, 15) is 14.7 Å². The normalized spacial score (nSPS) is 12.9. The number of hydrogen-bond donors (Lipinski definition) is 3. The van der Waals surface area contributed by atoms with Crippen molar-refractivity contribution < 1.29 is 14.7 Å². The van der Waals surface area contributed by atoms with Crippen molar-refractivity contribution in [2.24, 2.45) is 0 Å². The summed E-state index contributed by atoms with van der Waals surface area (Å²) in [4.78, 5) is 23.8. The van der Waals surface area contributed by atoms with E-state index in [2.05, 4.69) is 10.6 Å². The lowest BCUT2D eigenvalue weighted by Crippen LogP contribution is -2.37. The Morgan fingerprint density at radius 3 is 2.08 bits per heavy atom. The predicted octanol–water partition coefficient (Wildman–Crippen LogP) is 1.83. The van der Waals surface area contributed by atoms with Gasteiger partial charge in [-0.25, -0.2) is 0 Å². The summed E-state index contributed by atoms with van der Waals surface area (Å²) in [5.41, 5.74) is 0.0481. The van der Waals surface area contributed by atoms with Gasteiger partial charge >= 0.3 is 0 Å². The van der Waals surface area contributed by atoms with Crippen LogP contribution in [0.1, 0.15) is 29.3 Å². The van der Waals surface area contributed by atoms with Crippen LogP contribution in [0.4, 0.5) is 0 Å². The second-order valence-electron chi connectivity index (χ2n) is 5.79. The Labute approximate surface area is 141 Å². The molecule has 0 aliphatic heterocycles. The minimum Gasteiger partial charge on any atom is -0.385 e. The van der Waals surface area contributed by atoms with E-state index in [0.29, 0.717) is 24.2 Å². The maximum atomic E-state index is 12.0. The Bertz CT molecular complexity index is 670. The van der Waals surface area contributed by atoms with E-state index in [0.717, 1.165) is 0 Å². The molecular formula is C19H22N2O3. The van der Waals surface area contributed by atoms with Gasteiger partial charge in [0.25, 0.3) is 5.91 Å². The van der Waals surface area contributed by atoms with Gasteiger partial charge in [0.2, 0.25) is 5.91 Å². The molecule has 0 radical (unpaired) electrons. The molecule has 1 unspecified atom stereocenters. The van der Waals surface area contributed by atoms with Crippen LogP contribution in [0.5, 0.6) is 0 Å². The summed E-state index contributed by atoms with van der Waals surface area (Å²) in [6.07, 6.45) is -0.0381. The Morgan fingerprint density at radius 2 is 1.46 bits per heavy atom. The third-order valence-corrected chi connectivity index (χ3v) is 3.67. The van der Waals surface area contributed by atoms with Crippen LogP contribution in [0.15, 0.2) is 60.7 Å². The monoisotopic (exact) mass is 326 g/mol. The lowest BCUT2D eigenvalue weighted by atomic mass is 9.92. The Morgan fingerprint density at radius 1 is 0.917 bits per heavy atom. The SMILES string of the molecule is CC(O)(CC(=O)NCCNC(=O)c1ccccc1)c1ccccc1. The fraction of sp³-hybridized carbons (Fsp3) is 0.263. The first-order valence-electron chi connectivity index (χ1n) is 7.87. The van der Waals surface area contributed by atoms with E-state index >= 15 is 0 Å². The first-order chi connectivity index (χ1) is 11.5. The molecule has 0 saturated carbocycles. The highest BCUT2D eigenvalue weighted by Crippen LogP contribution is 2.23. The number of nitrogens with one attached hydrogen (secondary N) is 2. The zero-order valence-corrected chi connectivity index (χ0v) is 13.7. The number of carbonyl (C=O) groups excluding carboxylic acids is 2. The minimum absolute atomic E-state index is 0.0381. The largest absolute Gasteiger partial charge is 0.385 e. The van der Waals surface area contributed by atoms with E-state index in [1.165, 1.54) is 0 Å². The minimum atomic E-state index is -1.22. The highest BCUT2D eigenvalue weighted by atomic mass is 16.3. The zero-order valence-electron chi connectivity index (χ0n) is 13.7. The molecule has 1 atom stereocenters. The average Bonchev–Trinajstić information content (AvgIpc) is 2.59. The fourth-order valence-electron chi connectivity index (χ4n) is 2.34. The van der Waals surface area contributed by atoms with Crippen molar-refractivity contribution in [2.45, 2.75) is 18.9 Å². The predicted molar refractivity (Wildman–Crippen MR) is 92.4 cm³/mol. The maximum Gasteiger partial charge on any atom is 0.251 e. The molecule has 5 nitrogen and oxygen atoms in total. The van der Waals surface area contributed by atoms with Crippen LogP contribution < -0.4 is 10.6 Å². The second-order valence-corrected chi connectivity index (χ2v) is 5.79. The van der Waals surface area contributed by atoms with Crippen LogP contribution in [0.3, 0.4) is 0 Å². The summed E-state index contributed by atoms with van der Waals surface area (Å²) < 4.78 is 0. The van der Waals surface area contributed by atoms with Crippen molar-refractivity contribution in [3.05, 3.63) is 71.8 Å². The maximum absolute atomic E-state index is 12.0. The number of carbonyl (C=O) groups is 2. The quantitative estimate of drug-likeness (QED) is 0.679. The Kier molecular flexibility index (Phi) is 6.09. The van der Waals surface area contributed by atoms with Gasteiger partial charge in [0, 0.05) is 18.7 Å². The molecule has 0 fully saturated rings. The van der Waals surface area contributed by atoms with Crippen molar-refractivity contribution in [2.75, 3.05) is 13.1 Å². The van der Waals surface area contributed by atoms with Gasteiger partial charge in [-0.2, -0.15) is 0 Å². The summed E-state index contributed by atoms with van der Waals surface area (Å²) in [5.74, 6) is -0.445. The Balaban J connectivity index is 1.73. The van der Waals surface area contributed by atoms with Gasteiger partial charge in [-0.15, -0.1) is 0 Å². The highest BCUT2D eigenvalue weighted by Gasteiger charge is 2.26. The molecule has 3 N–H and O–H groups in total. The van der Waals surface area contributed by atoms with Gasteiger partial charge < -0.3 is 15.7 Å². The molecule has 24 heavy (non-hydrogen) atoms. The molecule has 0 saturated heterocycles. The van der Waals surface area contributed by atoms with Crippen molar-refractivity contribution in [3.63, 3.8) is 0 Å². The fourth-order valence-corrected chi connectivity index (χ4v) is 2.34. The number of amides is 2. The summed E-state index contributed by atoms with van der Waals surface area (Å²) in [5, 5.41) is 15.9. The zero-order chi connectivity index (χ0) is 17.4. The lowest BCUT2D eigenvalue weighted by molar-refractivity contribution is -0.125. The molecular weight excluding hydrogens is 304 g/mol. The van der Waals surface area contributed by atoms with Crippen molar-refractivity contribution >= 4 is 11.8 Å². The molecule has 0 bridgehead atoms. The second kappa shape index (κ2) is 8.26. The van der Waals surface area contributed by atoms with Crippen LogP contribution >= 0.6 is 0 Å². The highest BCUT2D eigenvalue weighted by molar-refractivity contribution is 5.94. The van der Waals surface area contributed by atoms with Gasteiger partial charge in [-0.1, -0.05) is 48.5 Å². The molecule has 2 amide bonds. The van der Waals surface area contributed by atoms with Crippen LogP contribution in [-0.2, 0) is 10.4 Å². The van der Waals surface area contributed by atoms with Crippen LogP contribution in [0.25, 0.3) is 0 Å². The summed E-state index contributed by atoms with van der Waals surface area (Å²) >= 11 is 0. The molecule has 5 heteroatoms. The topological polar surface area (TPSA) is 78.4 Å². The van der Waals surface area contributed by atoms with E-state index in [-0.39, 0.29) is 18.2 Å². The van der Waals surface area contributed by atoms with Gasteiger partial charge in [-0.05, 0) is 24.6 Å². The number of hydrogen-bond acceptors (Lipinski definition) is 3. The molecule has 0 aliphatic rings. The molecule has 0 aromatic heterocycles. The average molecular weight is 326 g/mol.